The topological polar surface area (TPSA) is 114 Å². The van der Waals surface area contributed by atoms with Gasteiger partial charge in [-0.25, -0.2) is 0 Å². The summed E-state index contributed by atoms with van der Waals surface area (Å²) in [4.78, 5) is 18.1. The van der Waals surface area contributed by atoms with Gasteiger partial charge in [-0.05, 0) is 23.8 Å². The highest BCUT2D eigenvalue weighted by molar-refractivity contribution is 5.62. The van der Waals surface area contributed by atoms with E-state index in [1.165, 1.54) is 14.2 Å². The number of ether oxygens (including phenoxy) is 4. The second-order valence-corrected chi connectivity index (χ2v) is 7.21. The second-order valence-electron chi connectivity index (χ2n) is 7.21. The fraction of sp³-hybridized carbons (Fsp3) is 0.476. The highest BCUT2D eigenvalue weighted by Crippen LogP contribution is 2.37. The molecule has 0 atom stereocenters. The fourth-order valence-electron chi connectivity index (χ4n) is 3.45. The van der Waals surface area contributed by atoms with Gasteiger partial charge in [0.05, 0.1) is 40.6 Å². The van der Waals surface area contributed by atoms with Crippen molar-refractivity contribution in [1.82, 2.24) is 15.0 Å². The number of nitrogens with one attached hydrogen (secondary N) is 1. The minimum absolute atomic E-state index is 0.0390. The van der Waals surface area contributed by atoms with Gasteiger partial charge in [-0.15, -0.1) is 0 Å². The Kier molecular flexibility index (Phi) is 7.07. The predicted molar refractivity (Wildman–Crippen MR) is 120 cm³/mol. The average Bonchev–Trinajstić information content (AvgIpc) is 2.85. The molecular formula is C21H28N6O5. The first kappa shape index (κ1) is 21.9. The molecule has 2 saturated heterocycles. The largest absolute Gasteiger partial charge is 0.502 e. The second kappa shape index (κ2) is 10.3. The highest BCUT2D eigenvalue weighted by atomic mass is 16.5. The molecule has 2 aromatic rings. The number of hydrogen-bond donors (Lipinski definition) is 2. The number of anilines is 3. The molecule has 4 rings (SSSR count). The normalized spacial score (nSPS) is 16.9. The van der Waals surface area contributed by atoms with Crippen LogP contribution in [-0.2, 0) is 9.47 Å². The maximum absolute atomic E-state index is 10.1. The van der Waals surface area contributed by atoms with Crippen molar-refractivity contribution in [2.45, 2.75) is 0 Å². The molecule has 11 heteroatoms. The summed E-state index contributed by atoms with van der Waals surface area (Å²) >= 11 is 0. The first-order valence-electron chi connectivity index (χ1n) is 10.5. The Labute approximate surface area is 186 Å². The van der Waals surface area contributed by atoms with Crippen LogP contribution < -0.4 is 24.6 Å². The summed E-state index contributed by atoms with van der Waals surface area (Å²) < 4.78 is 21.3. The van der Waals surface area contributed by atoms with Gasteiger partial charge in [0.15, 0.2) is 11.5 Å². The van der Waals surface area contributed by atoms with Crippen molar-refractivity contribution < 1.29 is 24.1 Å². The van der Waals surface area contributed by atoms with Gasteiger partial charge < -0.3 is 39.2 Å². The lowest BCUT2D eigenvalue weighted by molar-refractivity contribution is 0.121. The third kappa shape index (κ3) is 5.11. The third-order valence-electron chi connectivity index (χ3n) is 5.19. The number of hydrogen-bond acceptors (Lipinski definition) is 11. The number of rotatable bonds is 7. The summed E-state index contributed by atoms with van der Waals surface area (Å²) in [7, 11) is 2.98. The molecule has 32 heavy (non-hydrogen) atoms. The Morgan fingerprint density at radius 1 is 0.875 bits per heavy atom. The average molecular weight is 444 g/mol. The van der Waals surface area contributed by atoms with Crippen molar-refractivity contribution in [2.24, 2.45) is 0 Å². The van der Waals surface area contributed by atoms with Crippen molar-refractivity contribution in [3.05, 3.63) is 23.9 Å². The van der Waals surface area contributed by atoms with Gasteiger partial charge in [0.1, 0.15) is 0 Å². The van der Waals surface area contributed by atoms with Crippen molar-refractivity contribution in [3.8, 4) is 17.2 Å². The molecule has 11 nitrogen and oxygen atoms in total. The molecule has 0 radical (unpaired) electrons. The summed E-state index contributed by atoms with van der Waals surface area (Å²) in [5.41, 5.74) is 0.778. The molecule has 0 unspecified atom stereocenters. The van der Waals surface area contributed by atoms with Crippen LogP contribution >= 0.6 is 0 Å². The zero-order valence-electron chi connectivity index (χ0n) is 18.3. The summed E-state index contributed by atoms with van der Waals surface area (Å²) in [5.74, 6) is 2.30. The zero-order chi connectivity index (χ0) is 22.3. The van der Waals surface area contributed by atoms with E-state index in [1.807, 2.05) is 6.08 Å². The first-order chi connectivity index (χ1) is 15.7. The number of benzene rings is 1. The molecule has 0 bridgehead atoms. The van der Waals surface area contributed by atoms with Gasteiger partial charge in [-0.2, -0.15) is 15.0 Å². The number of phenols is 1. The maximum atomic E-state index is 10.1. The van der Waals surface area contributed by atoms with Crippen molar-refractivity contribution in [3.63, 3.8) is 0 Å². The van der Waals surface area contributed by atoms with Crippen molar-refractivity contribution >= 4 is 23.9 Å². The Morgan fingerprint density at radius 2 is 1.38 bits per heavy atom. The first-order valence-corrected chi connectivity index (χ1v) is 10.5. The molecule has 172 valence electrons. The quantitative estimate of drug-likeness (QED) is 0.645. The Hall–Kier alpha value is -3.31. The van der Waals surface area contributed by atoms with Gasteiger partial charge in [0.25, 0.3) is 0 Å². The van der Waals surface area contributed by atoms with E-state index in [4.69, 9.17) is 23.9 Å². The third-order valence-corrected chi connectivity index (χ3v) is 5.19. The Morgan fingerprint density at radius 3 is 1.84 bits per heavy atom. The zero-order valence-corrected chi connectivity index (χ0v) is 18.3. The van der Waals surface area contributed by atoms with Crippen molar-refractivity contribution in [1.29, 1.82) is 0 Å². The molecule has 0 amide bonds. The molecule has 1 aromatic heterocycles. The molecule has 2 aliphatic rings. The monoisotopic (exact) mass is 444 g/mol. The van der Waals surface area contributed by atoms with Gasteiger partial charge in [-0.1, -0.05) is 0 Å². The number of phenolic OH excluding ortho intramolecular Hbond substituents is 1. The Balaban J connectivity index is 1.56. The van der Waals surface area contributed by atoms with Crippen LogP contribution in [0.3, 0.4) is 0 Å². The molecule has 0 spiro atoms. The number of methoxy groups -OCH3 is 2. The predicted octanol–water partition coefficient (Wildman–Crippen LogP) is 1.35. The van der Waals surface area contributed by atoms with E-state index in [2.05, 4.69) is 25.1 Å². The summed E-state index contributed by atoms with van der Waals surface area (Å²) in [5, 5.41) is 13.2. The molecule has 3 heterocycles. The van der Waals surface area contributed by atoms with E-state index >= 15 is 0 Å². The standard InChI is InChI=1S/C21H28N6O5/c1-29-16-13-15(14-17(30-2)18(16)28)3-4-22-19-23-20(26-5-9-31-10-6-26)25-21(24-19)27-7-11-32-12-8-27/h3-4,13-14,28H,5-12H2,1-2H3,(H,22,23,24,25)/b4-3+. The van der Waals surface area contributed by atoms with Gasteiger partial charge in [0.2, 0.25) is 23.6 Å². The molecule has 0 saturated carbocycles. The summed E-state index contributed by atoms with van der Waals surface area (Å²) in [6, 6.07) is 3.42. The summed E-state index contributed by atoms with van der Waals surface area (Å²) in [6.07, 6.45) is 3.55. The lowest BCUT2D eigenvalue weighted by Crippen LogP contribution is -2.40. The van der Waals surface area contributed by atoms with E-state index in [9.17, 15) is 5.11 Å². The van der Waals surface area contributed by atoms with Crippen LogP contribution in [0, 0.1) is 0 Å². The maximum Gasteiger partial charge on any atom is 0.233 e. The highest BCUT2D eigenvalue weighted by Gasteiger charge is 2.20. The number of aromatic nitrogens is 3. The Bertz CT molecular complexity index is 883. The van der Waals surface area contributed by atoms with Crippen LogP contribution in [-0.4, -0.2) is 86.9 Å². The van der Waals surface area contributed by atoms with Crippen molar-refractivity contribution in [2.75, 3.05) is 81.9 Å². The molecular weight excluding hydrogens is 416 g/mol. The molecule has 1 aromatic carbocycles. The molecule has 0 aliphatic carbocycles. The van der Waals surface area contributed by atoms with E-state index in [1.54, 1.807) is 18.3 Å². The van der Waals surface area contributed by atoms with E-state index in [0.717, 1.165) is 31.7 Å². The van der Waals surface area contributed by atoms with Gasteiger partial charge in [-0.3, -0.25) is 0 Å². The number of morpholine rings is 2. The SMILES string of the molecule is COc1cc(/C=C/Nc2nc(N3CCOCC3)nc(N3CCOCC3)n2)cc(OC)c1O. The van der Waals surface area contributed by atoms with E-state index in [-0.39, 0.29) is 5.75 Å². The van der Waals surface area contributed by atoms with Crippen LogP contribution in [0.4, 0.5) is 17.8 Å². The summed E-state index contributed by atoms with van der Waals surface area (Å²) in [6.45, 7) is 5.50. The lowest BCUT2D eigenvalue weighted by atomic mass is 10.2. The molecule has 2 aliphatic heterocycles. The van der Waals surface area contributed by atoms with Crippen LogP contribution in [0.25, 0.3) is 6.08 Å². The van der Waals surface area contributed by atoms with E-state index in [0.29, 0.717) is 55.8 Å². The molecule has 2 N–H and O–H groups in total. The minimum Gasteiger partial charge on any atom is -0.502 e. The smallest absolute Gasteiger partial charge is 0.233 e. The van der Waals surface area contributed by atoms with Crippen LogP contribution in [0.1, 0.15) is 5.56 Å². The molecule has 2 fully saturated rings. The minimum atomic E-state index is -0.0390. The lowest BCUT2D eigenvalue weighted by Gasteiger charge is -2.30. The number of aromatic hydroxyl groups is 1. The van der Waals surface area contributed by atoms with E-state index < -0.39 is 0 Å². The fourth-order valence-corrected chi connectivity index (χ4v) is 3.45. The van der Waals surface area contributed by atoms with Crippen LogP contribution in [0.2, 0.25) is 0 Å². The number of nitrogens with zero attached hydrogens (tertiary/aromatic N) is 5. The van der Waals surface area contributed by atoms with Gasteiger partial charge in [0, 0.05) is 32.4 Å². The van der Waals surface area contributed by atoms with Gasteiger partial charge >= 0.3 is 0 Å². The van der Waals surface area contributed by atoms with Crippen LogP contribution in [0.15, 0.2) is 18.3 Å². The van der Waals surface area contributed by atoms with Crippen LogP contribution in [0.5, 0.6) is 17.2 Å².